The van der Waals surface area contributed by atoms with E-state index in [2.05, 4.69) is 19.9 Å². The summed E-state index contributed by atoms with van der Waals surface area (Å²) < 4.78 is 7.25. The summed E-state index contributed by atoms with van der Waals surface area (Å²) in [7, 11) is 1.69. The Morgan fingerprint density at radius 1 is 1.23 bits per heavy atom. The SMILES string of the molecule is COCCn1ccc2cc(C(=O)NCc3nc4ccccc4[nH]3)ccc21. The maximum Gasteiger partial charge on any atom is 0.251 e. The Kier molecular flexibility index (Phi) is 4.41. The third-order valence-corrected chi connectivity index (χ3v) is 4.42. The number of H-pyrrole nitrogens is 1. The smallest absolute Gasteiger partial charge is 0.251 e. The molecule has 0 saturated heterocycles. The molecule has 0 fully saturated rings. The van der Waals surface area contributed by atoms with Crippen molar-refractivity contribution in [2.24, 2.45) is 0 Å². The highest BCUT2D eigenvalue weighted by Crippen LogP contribution is 2.18. The van der Waals surface area contributed by atoms with Crippen LogP contribution in [0.3, 0.4) is 0 Å². The average molecular weight is 348 g/mol. The first-order valence-electron chi connectivity index (χ1n) is 8.54. The van der Waals surface area contributed by atoms with E-state index >= 15 is 0 Å². The zero-order valence-electron chi connectivity index (χ0n) is 14.5. The predicted octanol–water partition coefficient (Wildman–Crippen LogP) is 3.09. The van der Waals surface area contributed by atoms with Crippen LogP contribution in [0.15, 0.2) is 54.7 Å². The van der Waals surface area contributed by atoms with Crippen molar-refractivity contribution in [2.75, 3.05) is 13.7 Å². The Morgan fingerprint density at radius 2 is 2.12 bits per heavy atom. The molecule has 0 saturated carbocycles. The van der Waals surface area contributed by atoms with Crippen LogP contribution in [-0.4, -0.2) is 34.2 Å². The summed E-state index contributed by atoms with van der Waals surface area (Å²) in [6, 6.07) is 15.6. The molecule has 0 aliphatic heterocycles. The number of benzene rings is 2. The molecule has 1 amide bonds. The Bertz CT molecular complexity index is 1030. The van der Waals surface area contributed by atoms with Crippen LogP contribution in [0.5, 0.6) is 0 Å². The molecule has 0 aliphatic carbocycles. The predicted molar refractivity (Wildman–Crippen MR) is 101 cm³/mol. The molecule has 0 spiro atoms. The lowest BCUT2D eigenvalue weighted by Gasteiger charge is -2.06. The number of aromatic nitrogens is 3. The zero-order valence-corrected chi connectivity index (χ0v) is 14.5. The number of carbonyl (C=O) groups is 1. The fourth-order valence-corrected chi connectivity index (χ4v) is 3.08. The molecular formula is C20H20N4O2. The van der Waals surface area contributed by atoms with Gasteiger partial charge in [-0.15, -0.1) is 0 Å². The van der Waals surface area contributed by atoms with E-state index in [9.17, 15) is 4.79 Å². The van der Waals surface area contributed by atoms with Gasteiger partial charge in [0.2, 0.25) is 0 Å². The molecule has 2 heterocycles. The number of hydrogen-bond acceptors (Lipinski definition) is 3. The van der Waals surface area contributed by atoms with Gasteiger partial charge in [-0.2, -0.15) is 0 Å². The van der Waals surface area contributed by atoms with Gasteiger partial charge in [0, 0.05) is 36.3 Å². The number of fused-ring (bicyclic) bond motifs is 2. The van der Waals surface area contributed by atoms with Gasteiger partial charge in [0.05, 0.1) is 24.2 Å². The Hall–Kier alpha value is -3.12. The van der Waals surface area contributed by atoms with E-state index in [0.29, 0.717) is 18.7 Å². The number of aromatic amines is 1. The van der Waals surface area contributed by atoms with E-state index in [1.165, 1.54) is 0 Å². The molecular weight excluding hydrogens is 328 g/mol. The van der Waals surface area contributed by atoms with Gasteiger partial charge in [0.1, 0.15) is 5.82 Å². The van der Waals surface area contributed by atoms with Crippen LogP contribution >= 0.6 is 0 Å². The lowest BCUT2D eigenvalue weighted by atomic mass is 10.1. The summed E-state index contributed by atoms with van der Waals surface area (Å²) in [5.41, 5.74) is 3.60. The highest BCUT2D eigenvalue weighted by Gasteiger charge is 2.10. The minimum Gasteiger partial charge on any atom is -0.383 e. The molecule has 0 aliphatic rings. The number of hydrogen-bond donors (Lipinski definition) is 2. The van der Waals surface area contributed by atoms with Crippen molar-refractivity contribution in [2.45, 2.75) is 13.1 Å². The van der Waals surface area contributed by atoms with E-state index in [0.717, 1.165) is 34.3 Å². The van der Waals surface area contributed by atoms with Crippen molar-refractivity contribution in [1.29, 1.82) is 0 Å². The van der Waals surface area contributed by atoms with E-state index in [1.54, 1.807) is 7.11 Å². The lowest BCUT2D eigenvalue weighted by molar-refractivity contribution is 0.0950. The fraction of sp³-hybridized carbons (Fsp3) is 0.200. The number of carbonyl (C=O) groups excluding carboxylic acids is 1. The van der Waals surface area contributed by atoms with Crippen LogP contribution in [0.2, 0.25) is 0 Å². The maximum atomic E-state index is 12.5. The molecule has 132 valence electrons. The number of rotatable bonds is 6. The Morgan fingerprint density at radius 3 is 2.96 bits per heavy atom. The van der Waals surface area contributed by atoms with Gasteiger partial charge in [0.15, 0.2) is 0 Å². The number of nitrogens with one attached hydrogen (secondary N) is 2. The van der Waals surface area contributed by atoms with Crippen molar-refractivity contribution < 1.29 is 9.53 Å². The molecule has 2 N–H and O–H groups in total. The highest BCUT2D eigenvalue weighted by atomic mass is 16.5. The number of nitrogens with zero attached hydrogens (tertiary/aromatic N) is 2. The molecule has 26 heavy (non-hydrogen) atoms. The normalized spacial score (nSPS) is 11.3. The maximum absolute atomic E-state index is 12.5. The molecule has 0 radical (unpaired) electrons. The summed E-state index contributed by atoms with van der Waals surface area (Å²) >= 11 is 0. The second-order valence-electron chi connectivity index (χ2n) is 6.16. The number of para-hydroxylation sites is 2. The van der Waals surface area contributed by atoms with E-state index in [-0.39, 0.29) is 5.91 Å². The van der Waals surface area contributed by atoms with Crippen molar-refractivity contribution in [1.82, 2.24) is 19.9 Å². The van der Waals surface area contributed by atoms with Crippen molar-refractivity contribution in [3.05, 3.63) is 66.1 Å². The van der Waals surface area contributed by atoms with Gasteiger partial charge in [-0.05, 0) is 36.4 Å². The molecule has 6 nitrogen and oxygen atoms in total. The van der Waals surface area contributed by atoms with Gasteiger partial charge in [-0.25, -0.2) is 4.98 Å². The van der Waals surface area contributed by atoms with Crippen molar-refractivity contribution in [3.63, 3.8) is 0 Å². The molecule has 6 heteroatoms. The Balaban J connectivity index is 1.47. The first kappa shape index (κ1) is 16.4. The van der Waals surface area contributed by atoms with Gasteiger partial charge < -0.3 is 19.6 Å². The fourth-order valence-electron chi connectivity index (χ4n) is 3.08. The van der Waals surface area contributed by atoms with Crippen LogP contribution in [0.4, 0.5) is 0 Å². The van der Waals surface area contributed by atoms with Gasteiger partial charge >= 0.3 is 0 Å². The Labute approximate surface area is 150 Å². The van der Waals surface area contributed by atoms with Crippen LogP contribution in [0, 0.1) is 0 Å². The molecule has 4 aromatic rings. The zero-order chi connectivity index (χ0) is 17.9. The third kappa shape index (κ3) is 3.19. The van der Waals surface area contributed by atoms with Gasteiger partial charge in [0.25, 0.3) is 5.91 Å². The minimum absolute atomic E-state index is 0.114. The molecule has 0 unspecified atom stereocenters. The van der Waals surface area contributed by atoms with E-state index in [4.69, 9.17) is 4.74 Å². The molecule has 2 aromatic carbocycles. The summed E-state index contributed by atoms with van der Waals surface area (Å²) in [6.45, 7) is 1.81. The summed E-state index contributed by atoms with van der Waals surface area (Å²) in [5.74, 6) is 0.628. The first-order chi connectivity index (χ1) is 12.7. The van der Waals surface area contributed by atoms with Crippen LogP contribution in [0.1, 0.15) is 16.2 Å². The monoisotopic (exact) mass is 348 g/mol. The number of imidazole rings is 1. The quantitative estimate of drug-likeness (QED) is 0.562. The van der Waals surface area contributed by atoms with Crippen LogP contribution in [0.25, 0.3) is 21.9 Å². The second kappa shape index (κ2) is 7.01. The standard InChI is InChI=1S/C20H20N4O2/c1-26-11-10-24-9-8-14-12-15(6-7-18(14)24)20(25)21-13-19-22-16-4-2-3-5-17(16)23-19/h2-9,12H,10-11,13H2,1H3,(H,21,25)(H,22,23). The third-order valence-electron chi connectivity index (χ3n) is 4.42. The molecule has 0 bridgehead atoms. The van der Waals surface area contributed by atoms with E-state index < -0.39 is 0 Å². The van der Waals surface area contributed by atoms with Crippen molar-refractivity contribution >= 4 is 27.8 Å². The number of amides is 1. The summed E-state index contributed by atoms with van der Waals surface area (Å²) in [6.07, 6.45) is 2.01. The lowest BCUT2D eigenvalue weighted by Crippen LogP contribution is -2.23. The van der Waals surface area contributed by atoms with Gasteiger partial charge in [-0.1, -0.05) is 12.1 Å². The topological polar surface area (TPSA) is 71.9 Å². The molecule has 0 atom stereocenters. The summed E-state index contributed by atoms with van der Waals surface area (Å²) in [4.78, 5) is 20.2. The second-order valence-corrected chi connectivity index (χ2v) is 6.16. The molecule has 2 aromatic heterocycles. The average Bonchev–Trinajstić information content (AvgIpc) is 3.27. The minimum atomic E-state index is -0.114. The van der Waals surface area contributed by atoms with E-state index in [1.807, 2.05) is 54.7 Å². The summed E-state index contributed by atoms with van der Waals surface area (Å²) in [5, 5.41) is 3.96. The van der Waals surface area contributed by atoms with Crippen LogP contribution < -0.4 is 5.32 Å². The van der Waals surface area contributed by atoms with Crippen molar-refractivity contribution in [3.8, 4) is 0 Å². The number of ether oxygens (including phenoxy) is 1. The van der Waals surface area contributed by atoms with Gasteiger partial charge in [-0.3, -0.25) is 4.79 Å². The van der Waals surface area contributed by atoms with Crippen LogP contribution in [-0.2, 0) is 17.8 Å². The largest absolute Gasteiger partial charge is 0.383 e. The molecule has 4 rings (SSSR count). The number of methoxy groups -OCH3 is 1. The first-order valence-corrected chi connectivity index (χ1v) is 8.54. The highest BCUT2D eigenvalue weighted by molar-refractivity contribution is 5.98.